The Labute approximate surface area is 106 Å². The lowest BCUT2D eigenvalue weighted by atomic mass is 9.86. The SMILES string of the molecule is N#Cc1cccc(O)c1C1CN(C2CCOC2)C1. The summed E-state index contributed by atoms with van der Waals surface area (Å²) in [5, 5.41) is 19.0. The quantitative estimate of drug-likeness (QED) is 0.855. The van der Waals surface area contributed by atoms with E-state index in [2.05, 4.69) is 11.0 Å². The predicted octanol–water partition coefficient (Wildman–Crippen LogP) is 1.45. The summed E-state index contributed by atoms with van der Waals surface area (Å²) < 4.78 is 5.38. The van der Waals surface area contributed by atoms with Gasteiger partial charge in [-0.3, -0.25) is 4.90 Å². The van der Waals surface area contributed by atoms with Crippen molar-refractivity contribution in [2.45, 2.75) is 18.4 Å². The van der Waals surface area contributed by atoms with E-state index >= 15 is 0 Å². The van der Waals surface area contributed by atoms with Gasteiger partial charge in [-0.2, -0.15) is 5.26 Å². The Balaban J connectivity index is 1.73. The van der Waals surface area contributed by atoms with Gasteiger partial charge >= 0.3 is 0 Å². The number of nitrogens with zero attached hydrogens (tertiary/aromatic N) is 2. The minimum absolute atomic E-state index is 0.251. The average molecular weight is 244 g/mol. The molecule has 0 spiro atoms. The van der Waals surface area contributed by atoms with Crippen molar-refractivity contribution >= 4 is 0 Å². The zero-order valence-corrected chi connectivity index (χ0v) is 10.2. The van der Waals surface area contributed by atoms with E-state index in [0.717, 1.165) is 38.3 Å². The summed E-state index contributed by atoms with van der Waals surface area (Å²) in [7, 11) is 0. The summed E-state index contributed by atoms with van der Waals surface area (Å²) in [6, 6.07) is 7.85. The maximum atomic E-state index is 9.92. The Morgan fingerprint density at radius 2 is 2.22 bits per heavy atom. The van der Waals surface area contributed by atoms with Gasteiger partial charge in [0.1, 0.15) is 5.75 Å². The molecule has 18 heavy (non-hydrogen) atoms. The second-order valence-electron chi connectivity index (χ2n) is 5.02. The highest BCUT2D eigenvalue weighted by molar-refractivity contribution is 5.49. The third-order valence-corrected chi connectivity index (χ3v) is 3.94. The second kappa shape index (κ2) is 4.60. The summed E-state index contributed by atoms with van der Waals surface area (Å²) in [6.07, 6.45) is 1.10. The first-order valence-electron chi connectivity index (χ1n) is 6.33. The maximum Gasteiger partial charge on any atom is 0.120 e. The zero-order valence-electron chi connectivity index (χ0n) is 10.2. The molecule has 1 aromatic rings. The third-order valence-electron chi connectivity index (χ3n) is 3.94. The van der Waals surface area contributed by atoms with E-state index in [1.165, 1.54) is 0 Å². The normalized spacial score (nSPS) is 24.7. The second-order valence-corrected chi connectivity index (χ2v) is 5.02. The fourth-order valence-corrected chi connectivity index (χ4v) is 2.88. The van der Waals surface area contributed by atoms with Crippen LogP contribution in [0.2, 0.25) is 0 Å². The van der Waals surface area contributed by atoms with Crippen LogP contribution in [0.5, 0.6) is 5.75 Å². The van der Waals surface area contributed by atoms with Crippen LogP contribution < -0.4 is 0 Å². The molecule has 0 radical (unpaired) electrons. The molecule has 2 aliphatic rings. The van der Waals surface area contributed by atoms with Crippen molar-refractivity contribution in [2.75, 3.05) is 26.3 Å². The maximum absolute atomic E-state index is 9.92. The first-order valence-corrected chi connectivity index (χ1v) is 6.33. The van der Waals surface area contributed by atoms with E-state index < -0.39 is 0 Å². The van der Waals surface area contributed by atoms with Gasteiger partial charge in [0.2, 0.25) is 0 Å². The van der Waals surface area contributed by atoms with Crippen LogP contribution in [0.15, 0.2) is 18.2 Å². The molecule has 1 unspecified atom stereocenters. The van der Waals surface area contributed by atoms with Gasteiger partial charge in [-0.05, 0) is 18.6 Å². The molecule has 2 fully saturated rings. The summed E-state index contributed by atoms with van der Waals surface area (Å²) >= 11 is 0. The number of aromatic hydroxyl groups is 1. The van der Waals surface area contributed by atoms with Gasteiger partial charge in [0.15, 0.2) is 0 Å². The van der Waals surface area contributed by atoms with Gasteiger partial charge in [0, 0.05) is 37.2 Å². The van der Waals surface area contributed by atoms with E-state index in [4.69, 9.17) is 10.00 Å². The number of nitriles is 1. The zero-order chi connectivity index (χ0) is 12.5. The summed E-state index contributed by atoms with van der Waals surface area (Å²) in [5.74, 6) is 0.530. The fraction of sp³-hybridized carbons (Fsp3) is 0.500. The molecule has 0 saturated carbocycles. The highest BCUT2D eigenvalue weighted by Gasteiger charge is 2.36. The van der Waals surface area contributed by atoms with Crippen LogP contribution in [0.1, 0.15) is 23.5 Å². The van der Waals surface area contributed by atoms with E-state index in [-0.39, 0.29) is 11.7 Å². The summed E-state index contributed by atoms with van der Waals surface area (Å²) in [5.41, 5.74) is 1.41. The molecule has 1 atom stereocenters. The highest BCUT2D eigenvalue weighted by atomic mass is 16.5. The number of ether oxygens (including phenoxy) is 1. The smallest absolute Gasteiger partial charge is 0.120 e. The highest BCUT2D eigenvalue weighted by Crippen LogP contribution is 2.37. The van der Waals surface area contributed by atoms with E-state index in [9.17, 15) is 5.11 Å². The summed E-state index contributed by atoms with van der Waals surface area (Å²) in [6.45, 7) is 3.50. The molecular weight excluding hydrogens is 228 g/mol. The Morgan fingerprint density at radius 3 is 2.89 bits per heavy atom. The molecule has 2 heterocycles. The molecule has 3 rings (SSSR count). The van der Waals surface area contributed by atoms with Crippen LogP contribution in [0.25, 0.3) is 0 Å². The number of rotatable bonds is 2. The van der Waals surface area contributed by atoms with Crippen LogP contribution in [0.3, 0.4) is 0 Å². The molecule has 4 nitrogen and oxygen atoms in total. The Kier molecular flexibility index (Phi) is 2.94. The monoisotopic (exact) mass is 244 g/mol. The topological polar surface area (TPSA) is 56.5 Å². The lowest BCUT2D eigenvalue weighted by molar-refractivity contribution is 0.0766. The van der Waals surface area contributed by atoms with Gasteiger partial charge in [0.05, 0.1) is 18.2 Å². The molecule has 1 aromatic carbocycles. The number of phenolic OH excluding ortho intramolecular Hbond substituents is 1. The van der Waals surface area contributed by atoms with Crippen LogP contribution >= 0.6 is 0 Å². The standard InChI is InChI=1S/C14H16N2O2/c15-6-10-2-1-3-13(17)14(10)11-7-16(8-11)12-4-5-18-9-12/h1-3,11-12,17H,4-5,7-9H2. The van der Waals surface area contributed by atoms with Crippen LogP contribution in [0.4, 0.5) is 0 Å². The van der Waals surface area contributed by atoms with Crippen molar-refractivity contribution in [2.24, 2.45) is 0 Å². The van der Waals surface area contributed by atoms with Gasteiger partial charge in [0.25, 0.3) is 0 Å². The van der Waals surface area contributed by atoms with Crippen molar-refractivity contribution in [3.8, 4) is 11.8 Å². The number of likely N-dealkylation sites (tertiary alicyclic amines) is 1. The minimum atomic E-state index is 0.251. The molecule has 0 amide bonds. The molecular formula is C14H16N2O2. The Hall–Kier alpha value is -1.57. The Morgan fingerprint density at radius 1 is 1.39 bits per heavy atom. The first kappa shape index (κ1) is 11.5. The molecule has 2 saturated heterocycles. The van der Waals surface area contributed by atoms with Crippen molar-refractivity contribution < 1.29 is 9.84 Å². The molecule has 94 valence electrons. The van der Waals surface area contributed by atoms with E-state index in [1.807, 2.05) is 0 Å². The number of benzene rings is 1. The van der Waals surface area contributed by atoms with Crippen molar-refractivity contribution in [3.05, 3.63) is 29.3 Å². The lowest BCUT2D eigenvalue weighted by Gasteiger charge is -2.43. The number of hydrogen-bond donors (Lipinski definition) is 1. The molecule has 4 heteroatoms. The third kappa shape index (κ3) is 1.86. The van der Waals surface area contributed by atoms with Crippen LogP contribution in [0, 0.1) is 11.3 Å². The Bertz CT molecular complexity index is 483. The first-order chi connectivity index (χ1) is 8.79. The molecule has 0 bridgehead atoms. The average Bonchev–Trinajstić information content (AvgIpc) is 2.82. The molecule has 0 aromatic heterocycles. The minimum Gasteiger partial charge on any atom is -0.508 e. The molecule has 1 N–H and O–H groups in total. The van der Waals surface area contributed by atoms with Gasteiger partial charge in [-0.1, -0.05) is 6.07 Å². The van der Waals surface area contributed by atoms with Crippen molar-refractivity contribution in [1.82, 2.24) is 4.90 Å². The molecule has 0 aliphatic carbocycles. The fourth-order valence-electron chi connectivity index (χ4n) is 2.88. The number of phenols is 1. The lowest BCUT2D eigenvalue weighted by Crippen LogP contribution is -2.51. The van der Waals surface area contributed by atoms with E-state index in [0.29, 0.717) is 11.6 Å². The number of hydrogen-bond acceptors (Lipinski definition) is 4. The van der Waals surface area contributed by atoms with Crippen molar-refractivity contribution in [3.63, 3.8) is 0 Å². The van der Waals surface area contributed by atoms with Crippen molar-refractivity contribution in [1.29, 1.82) is 5.26 Å². The largest absolute Gasteiger partial charge is 0.508 e. The van der Waals surface area contributed by atoms with Gasteiger partial charge in [-0.25, -0.2) is 0 Å². The van der Waals surface area contributed by atoms with Gasteiger partial charge in [-0.15, -0.1) is 0 Å². The van der Waals surface area contributed by atoms with Crippen LogP contribution in [-0.4, -0.2) is 42.4 Å². The van der Waals surface area contributed by atoms with Gasteiger partial charge < -0.3 is 9.84 Å². The van der Waals surface area contributed by atoms with E-state index in [1.54, 1.807) is 18.2 Å². The molecule has 2 aliphatic heterocycles. The van der Waals surface area contributed by atoms with Crippen LogP contribution in [-0.2, 0) is 4.74 Å². The summed E-state index contributed by atoms with van der Waals surface area (Å²) in [4.78, 5) is 2.38. The predicted molar refractivity (Wildman–Crippen MR) is 66.4 cm³/mol.